The molecule has 3 aliphatic heterocycles. The number of benzene rings is 2. The molecule has 3 unspecified atom stereocenters. The first kappa shape index (κ1) is 53.4. The van der Waals surface area contributed by atoms with Crippen LogP contribution in [0, 0.1) is 22.6 Å². The predicted molar refractivity (Wildman–Crippen MR) is 252 cm³/mol. The van der Waals surface area contributed by atoms with Crippen molar-refractivity contribution in [2.24, 2.45) is 10.4 Å². The summed E-state index contributed by atoms with van der Waals surface area (Å²) in [6, 6.07) is 7.16. The number of alkyl halides is 3. The molecule has 0 radical (unpaired) electrons. The highest BCUT2D eigenvalue weighted by Gasteiger charge is 2.51. The number of aliphatic hydroxyl groups excluding tert-OH is 1. The lowest BCUT2D eigenvalue weighted by atomic mass is 9.85. The molecule has 0 saturated carbocycles. The zero-order valence-electron chi connectivity index (χ0n) is 39.8. The molecular formula is C49H59F4N7O9S. The van der Waals surface area contributed by atoms with Crippen LogP contribution in [-0.4, -0.2) is 120 Å². The predicted octanol–water partition coefficient (Wildman–Crippen LogP) is 6.12. The molecule has 16 nitrogen and oxygen atoms in total. The average molecular weight is 998 g/mol. The number of nitrogens with one attached hydrogen (secondary N) is 2. The van der Waals surface area contributed by atoms with Gasteiger partial charge in [-0.2, -0.15) is 18.4 Å². The number of carbonyl (C=O) groups is 4. The van der Waals surface area contributed by atoms with Crippen LogP contribution in [0.2, 0.25) is 0 Å². The van der Waals surface area contributed by atoms with Crippen molar-refractivity contribution in [1.82, 2.24) is 20.4 Å². The van der Waals surface area contributed by atoms with E-state index in [2.05, 4.69) is 15.6 Å². The van der Waals surface area contributed by atoms with Crippen LogP contribution in [0.15, 0.2) is 65.0 Å². The molecular weight excluding hydrogens is 939 g/mol. The van der Waals surface area contributed by atoms with Crippen molar-refractivity contribution in [3.8, 4) is 6.07 Å². The maximum atomic E-state index is 14.8. The summed E-state index contributed by atoms with van der Waals surface area (Å²) in [4.78, 5) is 61.8. The first-order valence-electron chi connectivity index (χ1n) is 23.1. The van der Waals surface area contributed by atoms with Crippen LogP contribution in [-0.2, 0) is 50.8 Å². The molecule has 378 valence electrons. The number of aliphatic hydroxyl groups is 1. The number of thiocarbonyl (C=S) groups is 1. The highest BCUT2D eigenvalue weighted by molar-refractivity contribution is 7.80. The van der Waals surface area contributed by atoms with Gasteiger partial charge in [-0.15, -0.1) is 0 Å². The first-order chi connectivity index (χ1) is 33.1. The topological polar surface area (TPSA) is 195 Å². The molecule has 4 amide bonds. The van der Waals surface area contributed by atoms with Gasteiger partial charge in [-0.3, -0.25) is 29.1 Å². The van der Waals surface area contributed by atoms with E-state index in [-0.39, 0.29) is 43.5 Å². The second kappa shape index (κ2) is 22.9. The van der Waals surface area contributed by atoms with Gasteiger partial charge in [0.1, 0.15) is 36.2 Å². The van der Waals surface area contributed by atoms with Crippen LogP contribution < -0.4 is 15.5 Å². The van der Waals surface area contributed by atoms with Crippen LogP contribution in [0.4, 0.5) is 23.2 Å². The molecule has 2 aromatic rings. The summed E-state index contributed by atoms with van der Waals surface area (Å²) < 4.78 is 78.5. The first-order valence-corrected chi connectivity index (χ1v) is 23.5. The number of allylic oxidation sites excluding steroid dienone is 4. The zero-order valence-corrected chi connectivity index (χ0v) is 40.6. The highest BCUT2D eigenvalue weighted by atomic mass is 32.1. The molecule has 3 N–H and O–H groups in total. The summed E-state index contributed by atoms with van der Waals surface area (Å²) in [6.45, 7) is 10.1. The van der Waals surface area contributed by atoms with Gasteiger partial charge in [0.05, 0.1) is 47.9 Å². The van der Waals surface area contributed by atoms with Crippen molar-refractivity contribution in [2.45, 2.75) is 116 Å². The molecule has 1 aliphatic carbocycles. The number of anilines is 1. The number of β-amino-alcohol motifs (C(OH)–C–C–N with tert-alkyl or cyclic N) is 1. The molecule has 2 fully saturated rings. The van der Waals surface area contributed by atoms with Crippen molar-refractivity contribution in [3.63, 3.8) is 0 Å². The molecule has 2 aromatic carbocycles. The molecule has 4 aliphatic rings. The zero-order chi connectivity index (χ0) is 51.0. The Morgan fingerprint density at radius 2 is 1.76 bits per heavy atom. The van der Waals surface area contributed by atoms with E-state index in [0.29, 0.717) is 68.9 Å². The summed E-state index contributed by atoms with van der Waals surface area (Å²) in [5, 5.41) is 25.2. The van der Waals surface area contributed by atoms with Gasteiger partial charge in [-0.1, -0.05) is 32.9 Å². The normalized spacial score (nSPS) is 20.5. The number of halogens is 4. The average Bonchev–Trinajstić information content (AvgIpc) is 4.03. The Bertz CT molecular complexity index is 2430. The SMILES string of the molecule is CC(C)(C)C(NC(=O)COCCCOCCCCOC1=CC=C(N2C(=S)N(c3ccc(C#N)c(C(F)(F)F)c3)C(=O)C2(C)C)CC1)C(=O)N1C[C@H](O)CC1C(=O)NCc1ccc(C2CN=CO2)c(F)c1. The van der Waals surface area contributed by atoms with Crippen LogP contribution in [0.1, 0.15) is 102 Å². The molecule has 70 heavy (non-hydrogen) atoms. The van der Waals surface area contributed by atoms with Gasteiger partial charge in [0.25, 0.3) is 5.91 Å². The van der Waals surface area contributed by atoms with Crippen molar-refractivity contribution >= 4 is 53.0 Å². The van der Waals surface area contributed by atoms with Crippen LogP contribution in [0.5, 0.6) is 0 Å². The molecule has 2 saturated heterocycles. The van der Waals surface area contributed by atoms with E-state index < -0.39 is 82.0 Å². The van der Waals surface area contributed by atoms with Gasteiger partial charge < -0.3 is 44.5 Å². The smallest absolute Gasteiger partial charge is 0.417 e. The number of rotatable bonds is 20. The lowest BCUT2D eigenvalue weighted by Gasteiger charge is -2.35. The van der Waals surface area contributed by atoms with Crippen molar-refractivity contribution in [2.75, 3.05) is 51.0 Å². The van der Waals surface area contributed by atoms with Gasteiger partial charge in [-0.05, 0) is 99.1 Å². The number of nitriles is 1. The van der Waals surface area contributed by atoms with Gasteiger partial charge in [-0.25, -0.2) is 4.39 Å². The number of amides is 4. The summed E-state index contributed by atoms with van der Waals surface area (Å²) in [7, 11) is 0. The number of hydrogen-bond donors (Lipinski definition) is 3. The number of carbonyl (C=O) groups excluding carboxylic acids is 4. The standard InChI is InChI=1S/C49H59F4N7O9S/c1-47(2,3)42(44(64)58-27-34(61)23-39(58)43(63)56-25-30-9-16-36(38(50)21-30)40-26-55-29-69-40)57-41(62)28-67-19-8-18-66-17-6-7-20-68-35-14-12-32(13-15-35)60-46(70)59(45(65)48(60,4)5)33-11-10-31(24-54)37(22-33)49(51,52)53/h9-12,14,16,21-22,29,34,39-40,42,61H,6-8,13,15,17-20,23,25-28H2,1-5H3,(H,56,63)(H,57,62)/t34-,39?,40?,42?/m1/s1. The number of likely N-dealkylation sites (tertiary alicyclic amines) is 1. The molecule has 0 spiro atoms. The van der Waals surface area contributed by atoms with Crippen molar-refractivity contribution < 1.29 is 60.8 Å². The molecule has 0 bridgehead atoms. The molecule has 3 heterocycles. The monoisotopic (exact) mass is 997 g/mol. The largest absolute Gasteiger partial charge is 0.498 e. The maximum Gasteiger partial charge on any atom is 0.417 e. The Morgan fingerprint density at radius 3 is 2.41 bits per heavy atom. The minimum atomic E-state index is -4.80. The van der Waals surface area contributed by atoms with Gasteiger partial charge in [0, 0.05) is 57.0 Å². The van der Waals surface area contributed by atoms with Crippen molar-refractivity contribution in [1.29, 1.82) is 5.26 Å². The van der Waals surface area contributed by atoms with E-state index in [4.69, 9.17) is 31.2 Å². The quantitative estimate of drug-likeness (QED) is 0.0783. The van der Waals surface area contributed by atoms with E-state index in [0.717, 1.165) is 29.2 Å². The summed E-state index contributed by atoms with van der Waals surface area (Å²) in [5.41, 5.74) is -2.15. The Morgan fingerprint density at radius 1 is 1.03 bits per heavy atom. The van der Waals surface area contributed by atoms with E-state index in [9.17, 15) is 47.1 Å². The number of hydrogen-bond acceptors (Lipinski definition) is 12. The Balaban J connectivity index is 0.865. The van der Waals surface area contributed by atoms with Crippen molar-refractivity contribution in [3.05, 3.63) is 88.1 Å². The lowest BCUT2D eigenvalue weighted by molar-refractivity contribution is -0.144. The second-order valence-corrected chi connectivity index (χ2v) is 19.3. The van der Waals surface area contributed by atoms with E-state index >= 15 is 0 Å². The molecule has 0 aromatic heterocycles. The Hall–Kier alpha value is -5.95. The van der Waals surface area contributed by atoms with E-state index in [1.165, 1.54) is 23.4 Å². The number of unbranched alkanes of at least 4 members (excludes halogenated alkanes) is 1. The maximum absolute atomic E-state index is 14.8. The molecule has 6 rings (SSSR count). The van der Waals surface area contributed by atoms with Gasteiger partial charge in [0.2, 0.25) is 17.7 Å². The third-order valence-electron chi connectivity index (χ3n) is 12.2. The highest BCUT2D eigenvalue weighted by Crippen LogP contribution is 2.41. The fraction of sp³-hybridized carbons (Fsp3) is 0.531. The second-order valence-electron chi connectivity index (χ2n) is 19.0. The Kier molecular flexibility index (Phi) is 17.4. The third kappa shape index (κ3) is 12.9. The summed E-state index contributed by atoms with van der Waals surface area (Å²) in [5.74, 6) is -1.82. The fourth-order valence-electron chi connectivity index (χ4n) is 8.50. The minimum absolute atomic E-state index is 0.00118. The molecule has 21 heteroatoms. The third-order valence-corrected chi connectivity index (χ3v) is 12.6. The van der Waals surface area contributed by atoms with Gasteiger partial charge >= 0.3 is 6.18 Å². The number of ether oxygens (including phenoxy) is 4. The lowest BCUT2D eigenvalue weighted by Crippen LogP contribution is -2.58. The van der Waals surface area contributed by atoms with E-state index in [1.54, 1.807) is 69.9 Å². The van der Waals surface area contributed by atoms with E-state index in [1.807, 2.05) is 0 Å². The number of nitrogens with zero attached hydrogens (tertiary/aromatic N) is 5. The summed E-state index contributed by atoms with van der Waals surface area (Å²) in [6.07, 6.45) is 1.54. The summed E-state index contributed by atoms with van der Waals surface area (Å²) >= 11 is 5.65. The fourth-order valence-corrected chi connectivity index (χ4v) is 9.04. The molecule has 4 atom stereocenters. The minimum Gasteiger partial charge on any atom is -0.498 e. The van der Waals surface area contributed by atoms with Crippen LogP contribution in [0.25, 0.3) is 0 Å². The Labute approximate surface area is 409 Å². The van der Waals surface area contributed by atoms with Crippen LogP contribution in [0.3, 0.4) is 0 Å². The van der Waals surface area contributed by atoms with Crippen LogP contribution >= 0.6 is 12.2 Å². The van der Waals surface area contributed by atoms with Gasteiger partial charge in [0.15, 0.2) is 11.5 Å². The number of aliphatic imine (C=N–C) groups is 1.